The highest BCUT2D eigenvalue weighted by Gasteiger charge is 2.31. The maximum atomic E-state index is 13.8. The molecule has 3 N–H and O–H groups in total. The molecule has 0 saturated heterocycles. The van der Waals surface area contributed by atoms with Crippen LogP contribution in [0.25, 0.3) is 0 Å². The number of anilines is 2. The molecule has 0 aliphatic carbocycles. The minimum absolute atomic E-state index is 0.0506. The molecule has 19 heavy (non-hydrogen) atoms. The summed E-state index contributed by atoms with van der Waals surface area (Å²) < 4.78 is 27.1. The van der Waals surface area contributed by atoms with Gasteiger partial charge in [0, 0.05) is 12.3 Å². The lowest BCUT2D eigenvalue weighted by molar-refractivity contribution is -0.116. The number of carbonyl (C=O) groups excluding carboxylic acids is 1. The molecular formula is C12H9F2N3OS. The topological polar surface area (TPSA) is 68.0 Å². The van der Waals surface area contributed by atoms with Crippen molar-refractivity contribution in [3.05, 3.63) is 40.3 Å². The van der Waals surface area contributed by atoms with Crippen LogP contribution in [0, 0.1) is 11.6 Å². The summed E-state index contributed by atoms with van der Waals surface area (Å²) in [7, 11) is 0. The van der Waals surface area contributed by atoms with Crippen molar-refractivity contribution in [3.8, 4) is 0 Å². The fraction of sp³-hybridized carbons (Fsp3) is 0.167. The van der Waals surface area contributed by atoms with Crippen molar-refractivity contribution in [2.45, 2.75) is 12.3 Å². The van der Waals surface area contributed by atoms with Crippen LogP contribution in [0.3, 0.4) is 0 Å². The van der Waals surface area contributed by atoms with E-state index in [9.17, 15) is 13.6 Å². The van der Waals surface area contributed by atoms with Gasteiger partial charge in [0.15, 0.2) is 5.13 Å². The van der Waals surface area contributed by atoms with E-state index in [1.54, 1.807) is 0 Å². The normalized spacial score (nSPS) is 18.0. The van der Waals surface area contributed by atoms with Gasteiger partial charge in [-0.1, -0.05) is 11.3 Å². The maximum absolute atomic E-state index is 13.8. The average Bonchev–Trinajstić information content (AvgIpc) is 2.71. The Kier molecular flexibility index (Phi) is 2.70. The van der Waals surface area contributed by atoms with Crippen molar-refractivity contribution < 1.29 is 13.6 Å². The fourth-order valence-electron chi connectivity index (χ4n) is 2.17. The molecule has 1 aliphatic heterocycles. The Balaban J connectivity index is 2.14. The van der Waals surface area contributed by atoms with Gasteiger partial charge in [-0.15, -0.1) is 0 Å². The molecule has 1 aliphatic rings. The largest absolute Gasteiger partial charge is 0.375 e. The minimum Gasteiger partial charge on any atom is -0.375 e. The highest BCUT2D eigenvalue weighted by Crippen LogP contribution is 2.42. The lowest BCUT2D eigenvalue weighted by atomic mass is 9.91. The number of benzene rings is 1. The number of aromatic nitrogens is 1. The first-order valence-corrected chi connectivity index (χ1v) is 6.37. The zero-order valence-corrected chi connectivity index (χ0v) is 10.4. The summed E-state index contributed by atoms with van der Waals surface area (Å²) in [6, 6.07) is 3.21. The van der Waals surface area contributed by atoms with Crippen LogP contribution in [0.1, 0.15) is 22.8 Å². The number of nitrogens with one attached hydrogen (secondary N) is 1. The molecule has 1 amide bonds. The predicted octanol–water partition coefficient (Wildman–Crippen LogP) is 2.48. The van der Waals surface area contributed by atoms with Gasteiger partial charge in [-0.25, -0.2) is 13.8 Å². The van der Waals surface area contributed by atoms with Crippen LogP contribution in [0.4, 0.5) is 19.7 Å². The van der Waals surface area contributed by atoms with E-state index >= 15 is 0 Å². The maximum Gasteiger partial charge on any atom is 0.226 e. The fourth-order valence-corrected chi connectivity index (χ4v) is 3.08. The second kappa shape index (κ2) is 4.27. The van der Waals surface area contributed by atoms with Crippen molar-refractivity contribution in [2.75, 3.05) is 11.1 Å². The lowest BCUT2D eigenvalue weighted by Gasteiger charge is -2.21. The molecule has 4 nitrogen and oxygen atoms in total. The molecule has 1 aromatic carbocycles. The van der Waals surface area contributed by atoms with Crippen molar-refractivity contribution >= 4 is 28.2 Å². The Labute approximate surface area is 111 Å². The van der Waals surface area contributed by atoms with Crippen LogP contribution in [-0.4, -0.2) is 10.9 Å². The van der Waals surface area contributed by atoms with Gasteiger partial charge >= 0.3 is 0 Å². The van der Waals surface area contributed by atoms with Gasteiger partial charge in [0.05, 0.1) is 4.88 Å². The molecule has 1 aromatic heterocycles. The standard InChI is InChI=1S/C12H9F2N3OS/c13-5-1-2-8(14)6(3-5)7-4-9(18)16-11-10(7)19-12(15)17-11/h1-3,7H,4H2,(H2,15,17)(H,16,18). The van der Waals surface area contributed by atoms with Crippen LogP contribution >= 0.6 is 11.3 Å². The quantitative estimate of drug-likeness (QED) is 0.843. The van der Waals surface area contributed by atoms with E-state index in [0.29, 0.717) is 10.7 Å². The van der Waals surface area contributed by atoms with Crippen LogP contribution in [0.2, 0.25) is 0 Å². The highest BCUT2D eigenvalue weighted by atomic mass is 32.1. The Morgan fingerprint density at radius 1 is 1.42 bits per heavy atom. The van der Waals surface area contributed by atoms with Gasteiger partial charge in [0.1, 0.15) is 17.5 Å². The molecule has 0 saturated carbocycles. The number of nitrogens with zero attached hydrogens (tertiary/aromatic N) is 1. The van der Waals surface area contributed by atoms with E-state index in [0.717, 1.165) is 18.2 Å². The van der Waals surface area contributed by atoms with E-state index in [1.807, 2.05) is 0 Å². The van der Waals surface area contributed by atoms with Crippen molar-refractivity contribution in [1.29, 1.82) is 0 Å². The lowest BCUT2D eigenvalue weighted by Crippen LogP contribution is -2.23. The molecule has 0 bridgehead atoms. The van der Waals surface area contributed by atoms with Gasteiger partial charge in [-0.05, 0) is 23.8 Å². The molecule has 0 radical (unpaired) electrons. The molecule has 1 atom stereocenters. The zero-order chi connectivity index (χ0) is 13.6. The molecule has 7 heteroatoms. The number of thiazole rings is 1. The number of fused-ring (bicyclic) bond motifs is 1. The van der Waals surface area contributed by atoms with Crippen LogP contribution in [0.5, 0.6) is 0 Å². The van der Waals surface area contributed by atoms with Crippen LogP contribution < -0.4 is 11.1 Å². The predicted molar refractivity (Wildman–Crippen MR) is 68.0 cm³/mol. The number of carbonyl (C=O) groups is 1. The molecular weight excluding hydrogens is 272 g/mol. The Hall–Kier alpha value is -2.02. The van der Waals surface area contributed by atoms with E-state index in [-0.39, 0.29) is 23.0 Å². The Morgan fingerprint density at radius 2 is 2.21 bits per heavy atom. The van der Waals surface area contributed by atoms with Gasteiger partial charge in [0.2, 0.25) is 5.91 Å². The first-order chi connectivity index (χ1) is 9.04. The van der Waals surface area contributed by atoms with E-state index in [1.165, 1.54) is 11.3 Å². The first kappa shape index (κ1) is 12.0. The third kappa shape index (κ3) is 2.06. The SMILES string of the molecule is Nc1nc2c(s1)C(c1cc(F)ccc1F)CC(=O)N2. The summed E-state index contributed by atoms with van der Waals surface area (Å²) in [4.78, 5) is 16.2. The number of hydrogen-bond acceptors (Lipinski definition) is 4. The van der Waals surface area contributed by atoms with E-state index in [2.05, 4.69) is 10.3 Å². The van der Waals surface area contributed by atoms with Crippen molar-refractivity contribution in [2.24, 2.45) is 0 Å². The van der Waals surface area contributed by atoms with E-state index < -0.39 is 17.6 Å². The first-order valence-electron chi connectivity index (χ1n) is 5.55. The number of hydrogen-bond donors (Lipinski definition) is 2. The smallest absolute Gasteiger partial charge is 0.226 e. The molecule has 0 fully saturated rings. The average molecular weight is 281 g/mol. The monoisotopic (exact) mass is 281 g/mol. The summed E-state index contributed by atoms with van der Waals surface area (Å²) in [5.74, 6) is -1.58. The molecule has 98 valence electrons. The van der Waals surface area contributed by atoms with E-state index in [4.69, 9.17) is 5.73 Å². The Morgan fingerprint density at radius 3 is 3.00 bits per heavy atom. The van der Waals surface area contributed by atoms with Gasteiger partial charge in [-0.3, -0.25) is 4.79 Å². The minimum atomic E-state index is -0.547. The number of halogens is 2. The molecule has 0 spiro atoms. The third-order valence-electron chi connectivity index (χ3n) is 2.97. The van der Waals surface area contributed by atoms with Crippen LogP contribution in [-0.2, 0) is 4.79 Å². The highest BCUT2D eigenvalue weighted by molar-refractivity contribution is 7.16. The number of amides is 1. The Bertz CT molecular complexity index is 671. The molecule has 3 rings (SSSR count). The third-order valence-corrected chi connectivity index (χ3v) is 3.97. The number of nitrogen functional groups attached to an aromatic ring is 1. The van der Waals surface area contributed by atoms with Gasteiger partial charge in [-0.2, -0.15) is 0 Å². The summed E-state index contributed by atoms with van der Waals surface area (Å²) in [6.45, 7) is 0. The zero-order valence-electron chi connectivity index (χ0n) is 9.61. The number of rotatable bonds is 1. The van der Waals surface area contributed by atoms with Crippen molar-refractivity contribution in [3.63, 3.8) is 0 Å². The molecule has 2 aromatic rings. The number of nitrogens with two attached hydrogens (primary N) is 1. The molecule has 1 unspecified atom stereocenters. The van der Waals surface area contributed by atoms with Crippen molar-refractivity contribution in [1.82, 2.24) is 4.98 Å². The van der Waals surface area contributed by atoms with Crippen LogP contribution in [0.15, 0.2) is 18.2 Å². The van der Waals surface area contributed by atoms with Gasteiger partial charge in [0.25, 0.3) is 0 Å². The summed E-state index contributed by atoms with van der Waals surface area (Å²) in [5, 5.41) is 2.86. The second-order valence-electron chi connectivity index (χ2n) is 4.24. The second-order valence-corrected chi connectivity index (χ2v) is 5.30. The summed E-state index contributed by atoms with van der Waals surface area (Å²) in [6.07, 6.45) is 0.0506. The molecule has 2 heterocycles. The summed E-state index contributed by atoms with van der Waals surface area (Å²) in [5.41, 5.74) is 5.75. The summed E-state index contributed by atoms with van der Waals surface area (Å²) >= 11 is 1.17. The van der Waals surface area contributed by atoms with Gasteiger partial charge < -0.3 is 11.1 Å².